The SMILES string of the molecule is O=C(CC1CCCCC1)N1CCCCC1c1nc(CCOCC2CC2)no1. The van der Waals surface area contributed by atoms with Crippen molar-refractivity contribution in [2.45, 2.75) is 83.1 Å². The molecule has 0 aromatic carbocycles. The van der Waals surface area contributed by atoms with Crippen LogP contribution in [-0.2, 0) is 16.0 Å². The van der Waals surface area contributed by atoms with E-state index in [1.807, 2.05) is 4.90 Å². The molecule has 1 aromatic heterocycles. The molecule has 3 fully saturated rings. The third kappa shape index (κ3) is 5.31. The lowest BCUT2D eigenvalue weighted by Crippen LogP contribution is -2.39. The molecule has 6 heteroatoms. The summed E-state index contributed by atoms with van der Waals surface area (Å²) in [6.45, 7) is 2.32. The van der Waals surface area contributed by atoms with Crippen molar-refractivity contribution in [3.63, 3.8) is 0 Å². The Morgan fingerprint density at radius 3 is 2.67 bits per heavy atom. The van der Waals surface area contributed by atoms with Crippen molar-refractivity contribution in [2.75, 3.05) is 19.8 Å². The van der Waals surface area contributed by atoms with E-state index >= 15 is 0 Å². The predicted octanol–water partition coefficient (Wildman–Crippen LogP) is 4.06. The molecule has 1 aromatic rings. The van der Waals surface area contributed by atoms with E-state index in [4.69, 9.17) is 9.26 Å². The highest BCUT2D eigenvalue weighted by Gasteiger charge is 2.33. The number of nitrogens with zero attached hydrogens (tertiary/aromatic N) is 3. The van der Waals surface area contributed by atoms with Crippen molar-refractivity contribution in [3.8, 4) is 0 Å². The second-order valence-corrected chi connectivity index (χ2v) is 8.62. The van der Waals surface area contributed by atoms with E-state index in [1.54, 1.807) is 0 Å². The maximum Gasteiger partial charge on any atom is 0.249 e. The lowest BCUT2D eigenvalue weighted by atomic mass is 9.86. The molecule has 1 amide bonds. The van der Waals surface area contributed by atoms with Crippen LogP contribution in [0.4, 0.5) is 0 Å². The second kappa shape index (κ2) is 9.18. The molecule has 1 aliphatic heterocycles. The van der Waals surface area contributed by atoms with Gasteiger partial charge >= 0.3 is 0 Å². The Balaban J connectivity index is 1.31. The van der Waals surface area contributed by atoms with Gasteiger partial charge in [0.15, 0.2) is 5.82 Å². The van der Waals surface area contributed by atoms with Gasteiger partial charge in [-0.25, -0.2) is 0 Å². The van der Waals surface area contributed by atoms with Gasteiger partial charge in [-0.15, -0.1) is 0 Å². The lowest BCUT2D eigenvalue weighted by molar-refractivity contribution is -0.137. The third-order valence-corrected chi connectivity index (χ3v) is 6.30. The van der Waals surface area contributed by atoms with Gasteiger partial charge in [0.2, 0.25) is 11.8 Å². The summed E-state index contributed by atoms with van der Waals surface area (Å²) in [5.74, 6) is 2.93. The molecule has 0 spiro atoms. The number of aromatic nitrogens is 2. The highest BCUT2D eigenvalue weighted by Crippen LogP contribution is 2.33. The fourth-order valence-corrected chi connectivity index (χ4v) is 4.44. The minimum Gasteiger partial charge on any atom is -0.381 e. The second-order valence-electron chi connectivity index (χ2n) is 8.62. The van der Waals surface area contributed by atoms with Crippen LogP contribution >= 0.6 is 0 Å². The summed E-state index contributed by atoms with van der Waals surface area (Å²) in [5, 5.41) is 4.13. The van der Waals surface area contributed by atoms with Gasteiger partial charge in [0.1, 0.15) is 6.04 Å². The fraction of sp³-hybridized carbons (Fsp3) is 0.857. The number of amides is 1. The molecule has 0 radical (unpaired) electrons. The van der Waals surface area contributed by atoms with E-state index in [1.165, 1.54) is 44.9 Å². The van der Waals surface area contributed by atoms with Crippen molar-refractivity contribution >= 4 is 5.91 Å². The summed E-state index contributed by atoms with van der Waals surface area (Å²) < 4.78 is 11.2. The van der Waals surface area contributed by atoms with Crippen molar-refractivity contribution in [1.29, 1.82) is 0 Å². The Morgan fingerprint density at radius 2 is 1.85 bits per heavy atom. The number of hydrogen-bond donors (Lipinski definition) is 0. The van der Waals surface area contributed by atoms with E-state index in [-0.39, 0.29) is 11.9 Å². The first-order chi connectivity index (χ1) is 13.3. The molecule has 1 atom stereocenters. The topological polar surface area (TPSA) is 68.5 Å². The molecule has 1 saturated heterocycles. The van der Waals surface area contributed by atoms with Gasteiger partial charge in [0, 0.05) is 26.0 Å². The number of rotatable bonds is 8. The first-order valence-corrected chi connectivity index (χ1v) is 11.0. The van der Waals surface area contributed by atoms with Gasteiger partial charge in [-0.3, -0.25) is 4.79 Å². The summed E-state index contributed by atoms with van der Waals surface area (Å²) in [6, 6.07) is -0.0385. The molecule has 2 aliphatic carbocycles. The molecule has 2 heterocycles. The standard InChI is InChI=1S/C21H33N3O3/c25-20(14-16-6-2-1-3-7-16)24-12-5-4-8-18(24)21-22-19(23-27-21)11-13-26-15-17-9-10-17/h16-18H,1-15H2. The molecule has 4 rings (SSSR count). The number of hydrogen-bond acceptors (Lipinski definition) is 5. The smallest absolute Gasteiger partial charge is 0.249 e. The molecular formula is C21H33N3O3. The van der Waals surface area contributed by atoms with Crippen LogP contribution in [0.3, 0.4) is 0 Å². The van der Waals surface area contributed by atoms with E-state index in [0.717, 1.165) is 38.3 Å². The minimum absolute atomic E-state index is 0.0385. The average Bonchev–Trinajstić information content (AvgIpc) is 3.41. The Kier molecular flexibility index (Phi) is 6.43. The zero-order valence-corrected chi connectivity index (χ0v) is 16.4. The Labute approximate surface area is 162 Å². The van der Waals surface area contributed by atoms with Crippen molar-refractivity contribution in [3.05, 3.63) is 11.7 Å². The summed E-state index contributed by atoms with van der Waals surface area (Å²) in [5.41, 5.74) is 0. The monoisotopic (exact) mass is 375 g/mol. The normalized spacial score (nSPS) is 24.3. The Bertz CT molecular complexity index is 608. The summed E-state index contributed by atoms with van der Waals surface area (Å²) in [6.07, 6.45) is 13.4. The molecule has 27 heavy (non-hydrogen) atoms. The zero-order valence-electron chi connectivity index (χ0n) is 16.4. The quantitative estimate of drug-likeness (QED) is 0.641. The third-order valence-electron chi connectivity index (χ3n) is 6.30. The van der Waals surface area contributed by atoms with Crippen molar-refractivity contribution < 1.29 is 14.1 Å². The molecule has 3 aliphatic rings. The van der Waals surface area contributed by atoms with Crippen LogP contribution in [0.15, 0.2) is 4.52 Å². The van der Waals surface area contributed by atoms with Crippen molar-refractivity contribution in [1.82, 2.24) is 15.0 Å². The maximum atomic E-state index is 13.0. The van der Waals surface area contributed by atoms with Crippen LogP contribution < -0.4 is 0 Å². The van der Waals surface area contributed by atoms with Crippen LogP contribution in [0.5, 0.6) is 0 Å². The average molecular weight is 376 g/mol. The van der Waals surface area contributed by atoms with Gasteiger partial charge in [-0.2, -0.15) is 4.98 Å². The molecule has 150 valence electrons. The Hall–Kier alpha value is -1.43. The van der Waals surface area contributed by atoms with E-state index < -0.39 is 0 Å². The minimum atomic E-state index is -0.0385. The number of piperidine rings is 1. The summed E-state index contributed by atoms with van der Waals surface area (Å²) in [4.78, 5) is 19.6. The molecular weight excluding hydrogens is 342 g/mol. The molecule has 6 nitrogen and oxygen atoms in total. The maximum absolute atomic E-state index is 13.0. The summed E-state index contributed by atoms with van der Waals surface area (Å²) in [7, 11) is 0. The number of carbonyl (C=O) groups excluding carboxylic acids is 1. The zero-order chi connectivity index (χ0) is 18.5. The van der Waals surface area contributed by atoms with Crippen LogP contribution in [0.2, 0.25) is 0 Å². The molecule has 1 unspecified atom stereocenters. The summed E-state index contributed by atoms with van der Waals surface area (Å²) >= 11 is 0. The molecule has 0 bridgehead atoms. The van der Waals surface area contributed by atoms with E-state index in [9.17, 15) is 4.79 Å². The van der Waals surface area contributed by atoms with Crippen LogP contribution in [0.25, 0.3) is 0 Å². The lowest BCUT2D eigenvalue weighted by Gasteiger charge is -2.35. The first kappa shape index (κ1) is 18.9. The first-order valence-electron chi connectivity index (χ1n) is 11.0. The van der Waals surface area contributed by atoms with Gasteiger partial charge < -0.3 is 14.2 Å². The van der Waals surface area contributed by atoms with Gasteiger partial charge in [-0.1, -0.05) is 24.4 Å². The molecule has 0 N–H and O–H groups in total. The van der Waals surface area contributed by atoms with Crippen LogP contribution in [0, 0.1) is 11.8 Å². The van der Waals surface area contributed by atoms with Crippen molar-refractivity contribution in [2.24, 2.45) is 11.8 Å². The highest BCUT2D eigenvalue weighted by atomic mass is 16.5. The fourth-order valence-electron chi connectivity index (χ4n) is 4.44. The highest BCUT2D eigenvalue weighted by molar-refractivity contribution is 5.77. The number of carbonyl (C=O) groups is 1. The van der Waals surface area contributed by atoms with Crippen LogP contribution in [-0.4, -0.2) is 40.7 Å². The van der Waals surface area contributed by atoms with Crippen LogP contribution in [0.1, 0.15) is 88.4 Å². The largest absolute Gasteiger partial charge is 0.381 e. The molecule has 2 saturated carbocycles. The predicted molar refractivity (Wildman–Crippen MR) is 101 cm³/mol. The number of ether oxygens (including phenoxy) is 1. The van der Waals surface area contributed by atoms with Gasteiger partial charge in [-0.05, 0) is 56.8 Å². The van der Waals surface area contributed by atoms with E-state index in [2.05, 4.69) is 10.1 Å². The van der Waals surface area contributed by atoms with Gasteiger partial charge in [0.25, 0.3) is 0 Å². The Morgan fingerprint density at radius 1 is 1.04 bits per heavy atom. The number of likely N-dealkylation sites (tertiary alicyclic amines) is 1. The van der Waals surface area contributed by atoms with Gasteiger partial charge in [0.05, 0.1) is 6.61 Å². The van der Waals surface area contributed by atoms with E-state index in [0.29, 0.717) is 37.1 Å².